The van der Waals surface area contributed by atoms with Gasteiger partial charge in [0, 0.05) is 25.2 Å². The Morgan fingerprint density at radius 1 is 1.25 bits per heavy atom. The van der Waals surface area contributed by atoms with Gasteiger partial charge < -0.3 is 10.6 Å². The molecular weight excluding hydrogens is 270 g/mol. The predicted molar refractivity (Wildman–Crippen MR) is 83.5 cm³/mol. The number of fused-ring (bicyclic) bond motifs is 1. The maximum Gasteiger partial charge on any atom is 0.235 e. The summed E-state index contributed by atoms with van der Waals surface area (Å²) in [5.41, 5.74) is 5.38. The lowest BCUT2D eigenvalue weighted by Crippen LogP contribution is -2.64. The Morgan fingerprint density at radius 3 is 2.60 bits per heavy atom. The Morgan fingerprint density at radius 2 is 2.00 bits per heavy atom. The van der Waals surface area contributed by atoms with Gasteiger partial charge in [-0.25, -0.2) is 0 Å². The predicted octanol–water partition coefficient (Wildman–Crippen LogP) is 1.53. The van der Waals surface area contributed by atoms with Crippen molar-refractivity contribution in [3.8, 4) is 0 Å². The molecule has 0 spiro atoms. The molecule has 4 nitrogen and oxygen atoms in total. The van der Waals surface area contributed by atoms with Crippen LogP contribution in [-0.4, -0.2) is 52.4 Å². The van der Waals surface area contributed by atoms with Crippen LogP contribution in [0.1, 0.15) is 45.4 Å². The topological polar surface area (TPSA) is 49.6 Å². The van der Waals surface area contributed by atoms with E-state index in [2.05, 4.69) is 16.7 Å². The van der Waals surface area contributed by atoms with Gasteiger partial charge in [0.2, 0.25) is 5.91 Å². The number of amides is 1. The van der Waals surface area contributed by atoms with Crippen LogP contribution in [0.5, 0.6) is 0 Å². The molecule has 1 aliphatic carbocycles. The second-order valence-electron chi connectivity index (χ2n) is 6.75. The van der Waals surface area contributed by atoms with Crippen LogP contribution in [0.4, 0.5) is 0 Å². The Bertz CT molecular complexity index is 421. The van der Waals surface area contributed by atoms with Gasteiger partial charge in [-0.15, -0.1) is 0 Å². The molecule has 2 unspecified atom stereocenters. The number of rotatable bonds is 2. The lowest BCUT2D eigenvalue weighted by atomic mass is 9.67. The van der Waals surface area contributed by atoms with E-state index < -0.39 is 5.41 Å². The largest absolute Gasteiger partial charge is 0.392 e. The Labute approximate surface area is 126 Å². The van der Waals surface area contributed by atoms with Crippen molar-refractivity contribution in [3.05, 3.63) is 0 Å². The van der Waals surface area contributed by atoms with Crippen molar-refractivity contribution in [1.29, 1.82) is 0 Å². The lowest BCUT2D eigenvalue weighted by molar-refractivity contribution is -0.149. The number of nitrogens with zero attached hydrogens (tertiary/aromatic N) is 2. The van der Waals surface area contributed by atoms with E-state index >= 15 is 0 Å². The first kappa shape index (κ1) is 14.3. The summed E-state index contributed by atoms with van der Waals surface area (Å²) in [5, 5.41) is 0. The van der Waals surface area contributed by atoms with Crippen LogP contribution in [0.3, 0.4) is 0 Å². The van der Waals surface area contributed by atoms with Crippen LogP contribution in [0, 0.1) is 5.41 Å². The average molecular weight is 295 g/mol. The van der Waals surface area contributed by atoms with E-state index in [1.165, 1.54) is 25.8 Å². The highest BCUT2D eigenvalue weighted by Gasteiger charge is 2.51. The Kier molecular flexibility index (Phi) is 3.75. The number of piperidine rings is 1. The van der Waals surface area contributed by atoms with Gasteiger partial charge >= 0.3 is 0 Å². The van der Waals surface area contributed by atoms with Crippen LogP contribution in [-0.2, 0) is 4.79 Å². The number of hydrogen-bond acceptors (Lipinski definition) is 3. The van der Waals surface area contributed by atoms with Gasteiger partial charge in [-0.3, -0.25) is 9.69 Å². The van der Waals surface area contributed by atoms with Gasteiger partial charge in [-0.2, -0.15) is 0 Å². The van der Waals surface area contributed by atoms with Crippen molar-refractivity contribution in [2.24, 2.45) is 11.1 Å². The molecule has 1 saturated carbocycles. The Balaban J connectivity index is 1.76. The number of carbonyl (C=O) groups is 1. The average Bonchev–Trinajstić information content (AvgIpc) is 2.35. The minimum Gasteiger partial charge on any atom is -0.392 e. The molecule has 3 aliphatic rings. The minimum atomic E-state index is -0.513. The van der Waals surface area contributed by atoms with E-state index in [-0.39, 0.29) is 11.9 Å². The molecule has 0 bridgehead atoms. The number of piperazine rings is 1. The summed E-state index contributed by atoms with van der Waals surface area (Å²) in [6, 6.07) is 0.830. The molecule has 0 aromatic carbocycles. The fraction of sp³-hybridized carbons (Fsp3) is 0.867. The van der Waals surface area contributed by atoms with E-state index in [1.807, 2.05) is 0 Å². The molecule has 0 aromatic heterocycles. The summed E-state index contributed by atoms with van der Waals surface area (Å²) in [6.45, 7) is 5.22. The third-order valence-electron chi connectivity index (χ3n) is 5.54. The Hall–Kier alpha value is -0.680. The van der Waals surface area contributed by atoms with Crippen LogP contribution >= 0.6 is 12.2 Å². The second-order valence-corrected chi connectivity index (χ2v) is 7.19. The minimum absolute atomic E-state index is 0.203. The fourth-order valence-electron chi connectivity index (χ4n) is 4.01. The van der Waals surface area contributed by atoms with Gasteiger partial charge in [0.1, 0.15) is 0 Å². The molecule has 2 atom stereocenters. The quantitative estimate of drug-likeness (QED) is 0.785. The van der Waals surface area contributed by atoms with Crippen molar-refractivity contribution in [2.45, 2.75) is 57.5 Å². The van der Waals surface area contributed by atoms with Crippen molar-refractivity contribution in [1.82, 2.24) is 9.80 Å². The molecule has 5 heteroatoms. The molecule has 2 saturated heterocycles. The molecule has 0 radical (unpaired) electrons. The zero-order valence-corrected chi connectivity index (χ0v) is 13.1. The molecular formula is C15H25N3OS. The van der Waals surface area contributed by atoms with Crippen molar-refractivity contribution in [3.63, 3.8) is 0 Å². The molecule has 20 heavy (non-hydrogen) atoms. The van der Waals surface area contributed by atoms with Crippen molar-refractivity contribution < 1.29 is 4.79 Å². The van der Waals surface area contributed by atoms with Gasteiger partial charge in [-0.05, 0) is 39.2 Å². The van der Waals surface area contributed by atoms with E-state index in [0.29, 0.717) is 11.0 Å². The zero-order chi connectivity index (χ0) is 14.3. The van der Waals surface area contributed by atoms with E-state index in [0.717, 1.165) is 32.4 Å². The maximum absolute atomic E-state index is 13.0. The van der Waals surface area contributed by atoms with Gasteiger partial charge in [0.25, 0.3) is 0 Å². The molecule has 3 rings (SSSR count). The van der Waals surface area contributed by atoms with Gasteiger partial charge in [-0.1, -0.05) is 25.1 Å². The molecule has 112 valence electrons. The summed E-state index contributed by atoms with van der Waals surface area (Å²) in [4.78, 5) is 18.0. The SMILES string of the molecule is CC1CN2CCCCC2CN1C(=O)C1(C(N)=S)CCC1. The van der Waals surface area contributed by atoms with Crippen LogP contribution in [0.25, 0.3) is 0 Å². The van der Waals surface area contributed by atoms with Crippen LogP contribution < -0.4 is 5.73 Å². The van der Waals surface area contributed by atoms with Gasteiger partial charge in [0.15, 0.2) is 0 Å². The van der Waals surface area contributed by atoms with Crippen LogP contribution in [0.15, 0.2) is 0 Å². The summed E-state index contributed by atoms with van der Waals surface area (Å²) in [5.74, 6) is 0.203. The monoisotopic (exact) mass is 295 g/mol. The third kappa shape index (κ3) is 2.15. The summed E-state index contributed by atoms with van der Waals surface area (Å²) >= 11 is 5.20. The maximum atomic E-state index is 13.0. The summed E-state index contributed by atoms with van der Waals surface area (Å²) in [7, 11) is 0. The highest BCUT2D eigenvalue weighted by atomic mass is 32.1. The van der Waals surface area contributed by atoms with Gasteiger partial charge in [0.05, 0.1) is 10.4 Å². The first-order valence-electron chi connectivity index (χ1n) is 7.89. The molecule has 2 N–H and O–H groups in total. The fourth-order valence-corrected chi connectivity index (χ4v) is 4.30. The molecule has 3 fully saturated rings. The smallest absolute Gasteiger partial charge is 0.235 e. The molecule has 2 aliphatic heterocycles. The highest BCUT2D eigenvalue weighted by Crippen LogP contribution is 2.44. The number of hydrogen-bond donors (Lipinski definition) is 1. The highest BCUT2D eigenvalue weighted by molar-refractivity contribution is 7.80. The number of thiocarbonyl (C=S) groups is 1. The van der Waals surface area contributed by atoms with E-state index in [4.69, 9.17) is 18.0 Å². The second kappa shape index (κ2) is 5.26. The summed E-state index contributed by atoms with van der Waals surface area (Å²) < 4.78 is 0. The lowest BCUT2D eigenvalue weighted by Gasteiger charge is -2.51. The van der Waals surface area contributed by atoms with E-state index in [1.54, 1.807) is 0 Å². The molecule has 1 amide bonds. The number of carbonyl (C=O) groups excluding carboxylic acids is 1. The van der Waals surface area contributed by atoms with E-state index in [9.17, 15) is 4.79 Å². The standard InChI is InChI=1S/C15H25N3OS/c1-11-9-17-8-3-2-5-12(17)10-18(11)14(19)15(13(16)20)6-4-7-15/h11-12H,2-10H2,1H3,(H2,16,20). The normalized spacial score (nSPS) is 33.1. The first-order chi connectivity index (χ1) is 9.54. The zero-order valence-electron chi connectivity index (χ0n) is 12.3. The van der Waals surface area contributed by atoms with Crippen LogP contribution in [0.2, 0.25) is 0 Å². The molecule has 0 aromatic rings. The first-order valence-corrected chi connectivity index (χ1v) is 8.30. The summed E-state index contributed by atoms with van der Waals surface area (Å²) in [6.07, 6.45) is 6.57. The molecule has 2 heterocycles. The number of nitrogens with two attached hydrogens (primary N) is 1. The van der Waals surface area contributed by atoms with Crippen molar-refractivity contribution in [2.75, 3.05) is 19.6 Å². The third-order valence-corrected chi connectivity index (χ3v) is 5.93. The van der Waals surface area contributed by atoms with Crippen molar-refractivity contribution >= 4 is 23.1 Å².